The molecule has 0 aliphatic carbocycles. The van der Waals surface area contributed by atoms with Crippen LogP contribution < -0.4 is 61.5 Å². The van der Waals surface area contributed by atoms with Gasteiger partial charge in [0.15, 0.2) is 11.3 Å². The Labute approximate surface area is 681 Å². The third-order valence-electron chi connectivity index (χ3n) is 24.9. The first-order chi connectivity index (χ1) is 58.5. The van der Waals surface area contributed by atoms with Gasteiger partial charge in [0, 0.05) is 104 Å². The first-order valence-corrected chi connectivity index (χ1v) is 41.0. The van der Waals surface area contributed by atoms with E-state index in [0.29, 0.717) is 0 Å². The fraction of sp³-hybridized carbons (Fsp3) is 0. The molecule has 0 saturated carbocycles. The fourth-order valence-corrected chi connectivity index (χ4v) is 21.0. The highest BCUT2D eigenvalue weighted by Crippen LogP contribution is 2.52. The minimum atomic E-state index is -0.236. The van der Waals surface area contributed by atoms with E-state index in [1.165, 1.54) is 15.5 Å². The maximum Gasteiger partial charge on any atom is 0.260 e. The summed E-state index contributed by atoms with van der Waals surface area (Å²) in [6.07, 6.45) is 0. The number of fused-ring (bicyclic) bond motifs is 25. The minimum absolute atomic E-state index is 0.187. The third-order valence-corrected chi connectivity index (χ3v) is 26.0. The standard InChI is InChI=1S/C106H62B2N4O5S/c1-6-26-67(27-7-1)109(68-28-8-2-9-29-68)73-44-47-77-82-50-54-86-103(100(82)112(89(77)61-73)71-34-14-5-15-35-71)116-94-58-66(76-39-21-24-63-23-16-17-37-75(63)76)59-95-98(94)108(86)88-56-52-84-80-46-43-65(60-96(80)118-106(84)105(88)117-95)64-25-20-36-72(57-64)110(69-30-10-3-11-31-69)74-45-48-78-81-49-53-85-102(99(81)111(90(78)62-74)70-32-12-4-13-33-70)114-92-41-22-42-93-97(92)107(85)87-55-51-83-79-38-18-19-40-91(79)113-101(83)104(87)115-93/h1-62H. The Bertz CT molecular complexity index is 8000. The second-order valence-electron chi connectivity index (χ2n) is 31.2. The quantitative estimate of drug-likeness (QED) is 0.126. The molecule has 0 amide bonds. The zero-order valence-electron chi connectivity index (χ0n) is 63.2. The highest BCUT2D eigenvalue weighted by atomic mass is 32.1. The number of benzene rings is 18. The van der Waals surface area contributed by atoms with Crippen molar-refractivity contribution in [2.45, 2.75) is 0 Å². The summed E-state index contributed by atoms with van der Waals surface area (Å²) in [4.78, 5) is 4.73. The molecule has 0 unspecified atom stereocenters. The molecule has 12 heteroatoms. The zero-order valence-corrected chi connectivity index (χ0v) is 64.0. The van der Waals surface area contributed by atoms with Gasteiger partial charge < -0.3 is 42.3 Å². The Kier molecular flexibility index (Phi) is 13.9. The van der Waals surface area contributed by atoms with Crippen molar-refractivity contribution in [2.24, 2.45) is 0 Å². The second-order valence-corrected chi connectivity index (χ2v) is 32.3. The molecule has 4 aliphatic rings. The lowest BCUT2D eigenvalue weighted by atomic mass is 9.34. The number of hydrogen-bond acceptors (Lipinski definition) is 8. The molecule has 118 heavy (non-hydrogen) atoms. The van der Waals surface area contributed by atoms with Crippen LogP contribution in [0.3, 0.4) is 0 Å². The zero-order chi connectivity index (χ0) is 77.0. The average molecular weight is 1530 g/mol. The van der Waals surface area contributed by atoms with E-state index < -0.39 is 0 Å². The molecule has 0 spiro atoms. The lowest BCUT2D eigenvalue weighted by Gasteiger charge is -2.34. The normalized spacial score (nSPS) is 12.8. The first kappa shape index (κ1) is 65.2. The molecule has 18 aromatic carbocycles. The molecular formula is C106H62B2N4O5S. The molecule has 548 valence electrons. The molecule has 0 fully saturated rings. The van der Waals surface area contributed by atoms with Crippen LogP contribution in [0.2, 0.25) is 0 Å². The van der Waals surface area contributed by atoms with E-state index >= 15 is 0 Å². The molecule has 0 N–H and O–H groups in total. The summed E-state index contributed by atoms with van der Waals surface area (Å²) in [5.41, 5.74) is 24.7. The largest absolute Gasteiger partial charge is 0.457 e. The SMILES string of the molecule is c1ccc(N(c2cccc(-c3ccc4c(c3)sc3c5c(ccc34)B3c4ccc6c7ccc(N(c8ccccc8)c8ccccc8)cc7n(-c7ccccc7)c6c4Oc4cc(-c6cccc7ccccc67)cc(c43)O5)c2)c2ccc3c4ccc5c(c4n(-c4ccccc4)c3c2)Oc2cccc3c2B5c2ccc4c(oc5ccccc54)c2O3)cc1. The Morgan fingerprint density at radius 3 is 1.34 bits per heavy atom. The van der Waals surface area contributed by atoms with Crippen molar-refractivity contribution in [2.75, 3.05) is 9.80 Å². The van der Waals surface area contributed by atoms with Crippen molar-refractivity contribution in [3.05, 3.63) is 376 Å². The second kappa shape index (κ2) is 25.1. The topological polar surface area (TPSA) is 66.4 Å². The molecule has 26 rings (SSSR count). The van der Waals surface area contributed by atoms with Gasteiger partial charge in [-0.05, 0) is 188 Å². The molecule has 0 saturated heterocycles. The molecule has 9 nitrogen and oxygen atoms in total. The van der Waals surface area contributed by atoms with Gasteiger partial charge >= 0.3 is 0 Å². The van der Waals surface area contributed by atoms with Crippen LogP contribution in [0.15, 0.2) is 381 Å². The highest BCUT2D eigenvalue weighted by molar-refractivity contribution is 7.26. The first-order valence-electron chi connectivity index (χ1n) is 40.1. The van der Waals surface area contributed by atoms with Gasteiger partial charge in [0.25, 0.3) is 13.4 Å². The molecule has 0 atom stereocenters. The Morgan fingerprint density at radius 1 is 0.271 bits per heavy atom. The summed E-state index contributed by atoms with van der Waals surface area (Å²) >= 11 is 1.80. The van der Waals surface area contributed by atoms with Gasteiger partial charge in [-0.1, -0.05) is 243 Å². The Balaban J connectivity index is 0.613. The minimum Gasteiger partial charge on any atom is -0.457 e. The number of ether oxygens (including phenoxy) is 4. The lowest BCUT2D eigenvalue weighted by Crippen LogP contribution is -2.57. The molecular weight excluding hydrogens is 1460 g/mol. The van der Waals surface area contributed by atoms with Crippen molar-refractivity contribution >= 4 is 188 Å². The Morgan fingerprint density at radius 2 is 0.712 bits per heavy atom. The van der Waals surface area contributed by atoms with Crippen LogP contribution in [0, 0.1) is 0 Å². The van der Waals surface area contributed by atoms with E-state index in [9.17, 15) is 0 Å². The molecule has 4 aromatic heterocycles. The lowest BCUT2D eigenvalue weighted by molar-refractivity contribution is 0.463. The average Bonchev–Trinajstić information content (AvgIpc) is 1.45. The summed E-state index contributed by atoms with van der Waals surface area (Å²) < 4.78 is 43.2. The van der Waals surface area contributed by atoms with E-state index in [0.717, 1.165) is 228 Å². The van der Waals surface area contributed by atoms with Crippen molar-refractivity contribution in [3.63, 3.8) is 0 Å². The maximum absolute atomic E-state index is 7.69. The van der Waals surface area contributed by atoms with Crippen LogP contribution in [0.1, 0.15) is 0 Å². The Hall–Kier alpha value is -15.2. The van der Waals surface area contributed by atoms with Crippen LogP contribution in [0.4, 0.5) is 34.1 Å². The van der Waals surface area contributed by atoms with Crippen molar-refractivity contribution in [3.8, 4) is 79.6 Å². The summed E-state index contributed by atoms with van der Waals surface area (Å²) in [5.74, 6) is 6.38. The van der Waals surface area contributed by atoms with Gasteiger partial charge in [0.1, 0.15) is 45.8 Å². The molecule has 22 aromatic rings. The monoisotopic (exact) mass is 1520 g/mol. The number of hydrogen-bond donors (Lipinski definition) is 0. The number of furan rings is 1. The molecule has 4 aliphatic heterocycles. The van der Waals surface area contributed by atoms with Crippen LogP contribution in [-0.2, 0) is 0 Å². The van der Waals surface area contributed by atoms with E-state index in [1.807, 2.05) is 18.2 Å². The van der Waals surface area contributed by atoms with Crippen LogP contribution in [0.25, 0.3) is 130 Å². The van der Waals surface area contributed by atoms with Crippen LogP contribution in [-0.4, -0.2) is 22.6 Å². The number of para-hydroxylation sites is 6. The predicted molar refractivity (Wildman–Crippen MR) is 488 cm³/mol. The number of aromatic nitrogens is 2. The highest BCUT2D eigenvalue weighted by Gasteiger charge is 2.45. The van der Waals surface area contributed by atoms with E-state index in [4.69, 9.17) is 23.4 Å². The molecule has 0 bridgehead atoms. The van der Waals surface area contributed by atoms with Gasteiger partial charge in [0.05, 0.1) is 26.8 Å². The summed E-state index contributed by atoms with van der Waals surface area (Å²) in [6.45, 7) is -0.423. The van der Waals surface area contributed by atoms with Gasteiger partial charge in [-0.2, -0.15) is 0 Å². The smallest absolute Gasteiger partial charge is 0.260 e. The fourth-order valence-electron chi connectivity index (χ4n) is 19.8. The molecule has 8 heterocycles. The van der Waals surface area contributed by atoms with E-state index in [2.05, 4.69) is 377 Å². The van der Waals surface area contributed by atoms with Crippen molar-refractivity contribution < 1.29 is 23.4 Å². The van der Waals surface area contributed by atoms with Crippen molar-refractivity contribution in [1.29, 1.82) is 0 Å². The van der Waals surface area contributed by atoms with Gasteiger partial charge in [0.2, 0.25) is 0 Å². The van der Waals surface area contributed by atoms with Gasteiger partial charge in [-0.15, -0.1) is 11.3 Å². The van der Waals surface area contributed by atoms with Crippen molar-refractivity contribution in [1.82, 2.24) is 9.13 Å². The number of nitrogens with zero attached hydrogens (tertiary/aromatic N) is 4. The maximum atomic E-state index is 7.69. The van der Waals surface area contributed by atoms with Crippen LogP contribution >= 0.6 is 11.3 Å². The number of anilines is 6. The number of rotatable bonds is 10. The predicted octanol–water partition coefficient (Wildman–Crippen LogP) is 25.0. The van der Waals surface area contributed by atoms with Gasteiger partial charge in [-0.25, -0.2) is 0 Å². The van der Waals surface area contributed by atoms with Gasteiger partial charge in [-0.3, -0.25) is 0 Å². The summed E-state index contributed by atoms with van der Waals surface area (Å²) in [6, 6.07) is 136. The van der Waals surface area contributed by atoms with E-state index in [1.54, 1.807) is 11.3 Å². The third kappa shape index (κ3) is 9.57. The molecule has 0 radical (unpaired) electrons. The number of thiophene rings is 1. The summed E-state index contributed by atoms with van der Waals surface area (Å²) in [7, 11) is 0. The summed E-state index contributed by atoms with van der Waals surface area (Å²) in [5, 5.41) is 11.2. The van der Waals surface area contributed by atoms with Crippen LogP contribution in [0.5, 0.6) is 46.0 Å². The van der Waals surface area contributed by atoms with E-state index in [-0.39, 0.29) is 13.4 Å².